The van der Waals surface area contributed by atoms with Crippen molar-refractivity contribution in [1.29, 1.82) is 0 Å². The minimum absolute atomic E-state index is 0.113. The highest BCUT2D eigenvalue weighted by Crippen LogP contribution is 2.21. The average molecular weight is 411 g/mol. The van der Waals surface area contributed by atoms with Gasteiger partial charge in [-0.15, -0.1) is 0 Å². The Bertz CT molecular complexity index is 859. The lowest BCUT2D eigenvalue weighted by atomic mass is 10.1. The molecule has 0 aromatic heterocycles. The molecule has 0 aliphatic rings. The first-order valence-corrected chi connectivity index (χ1v) is 10.5. The number of hydrogen-bond acceptors (Lipinski definition) is 3. The van der Waals surface area contributed by atoms with Crippen LogP contribution < -0.4 is 10.1 Å². The third kappa shape index (κ3) is 6.61. The summed E-state index contributed by atoms with van der Waals surface area (Å²) in [6.45, 7) is 12.7. The van der Waals surface area contributed by atoms with E-state index in [0.29, 0.717) is 24.8 Å². The Morgan fingerprint density at radius 3 is 2.30 bits per heavy atom. The molecule has 2 aromatic carbocycles. The first kappa shape index (κ1) is 23.5. The molecule has 2 aromatic rings. The molecule has 5 heteroatoms. The van der Waals surface area contributed by atoms with Crippen LogP contribution in [0.2, 0.25) is 0 Å². The Labute approximate surface area is 180 Å². The molecule has 0 heterocycles. The van der Waals surface area contributed by atoms with Gasteiger partial charge in [0.25, 0.3) is 5.91 Å². The summed E-state index contributed by atoms with van der Waals surface area (Å²) in [5.41, 5.74) is 4.25. The molecule has 5 nitrogen and oxygen atoms in total. The second-order valence-corrected chi connectivity index (χ2v) is 8.31. The van der Waals surface area contributed by atoms with Gasteiger partial charge >= 0.3 is 0 Å². The number of hydrogen-bond donors (Lipinski definition) is 1. The molecule has 0 saturated carbocycles. The Balaban J connectivity index is 2.15. The number of carbonyl (C=O) groups excluding carboxylic acids is 2. The highest BCUT2D eigenvalue weighted by Gasteiger charge is 2.26. The molecule has 1 atom stereocenters. The van der Waals surface area contributed by atoms with Gasteiger partial charge in [0, 0.05) is 13.1 Å². The maximum Gasteiger partial charge on any atom is 0.261 e. The van der Waals surface area contributed by atoms with Crippen LogP contribution in [-0.2, 0) is 16.1 Å². The highest BCUT2D eigenvalue weighted by molar-refractivity contribution is 5.88. The van der Waals surface area contributed by atoms with Crippen LogP contribution in [0.15, 0.2) is 42.5 Å². The van der Waals surface area contributed by atoms with Gasteiger partial charge in [0.15, 0.2) is 6.61 Å². The molecule has 0 aliphatic carbocycles. The number of rotatable bonds is 9. The van der Waals surface area contributed by atoms with Crippen molar-refractivity contribution in [3.05, 3.63) is 64.7 Å². The SMILES string of the molecule is Cc1ccc(CN(C(=O)COc2cccc(C)c2C)[C@H](C)C(=O)NCC(C)C)cc1. The summed E-state index contributed by atoms with van der Waals surface area (Å²) in [6.07, 6.45) is 0. The number of nitrogens with zero attached hydrogens (tertiary/aromatic N) is 1. The third-order valence-corrected chi connectivity index (χ3v) is 5.23. The zero-order valence-corrected chi connectivity index (χ0v) is 19.0. The summed E-state index contributed by atoms with van der Waals surface area (Å²) in [4.78, 5) is 27.3. The van der Waals surface area contributed by atoms with Gasteiger partial charge in [-0.25, -0.2) is 0 Å². The van der Waals surface area contributed by atoms with Gasteiger partial charge in [0.2, 0.25) is 5.91 Å². The molecule has 2 amide bonds. The number of benzene rings is 2. The predicted octanol–water partition coefficient (Wildman–Crippen LogP) is 4.18. The second-order valence-electron chi connectivity index (χ2n) is 8.31. The number of carbonyl (C=O) groups is 2. The fraction of sp³-hybridized carbons (Fsp3) is 0.440. The Hall–Kier alpha value is -2.82. The molecule has 0 fully saturated rings. The van der Waals surface area contributed by atoms with E-state index < -0.39 is 6.04 Å². The molecule has 2 rings (SSSR count). The lowest BCUT2D eigenvalue weighted by molar-refractivity contribution is -0.142. The summed E-state index contributed by atoms with van der Waals surface area (Å²) >= 11 is 0. The van der Waals surface area contributed by atoms with E-state index in [0.717, 1.165) is 22.3 Å². The fourth-order valence-corrected chi connectivity index (χ4v) is 3.03. The van der Waals surface area contributed by atoms with E-state index in [4.69, 9.17) is 4.74 Å². The maximum absolute atomic E-state index is 13.1. The van der Waals surface area contributed by atoms with Crippen LogP contribution in [0.5, 0.6) is 5.75 Å². The predicted molar refractivity (Wildman–Crippen MR) is 120 cm³/mol. The van der Waals surface area contributed by atoms with Gasteiger partial charge in [0.05, 0.1) is 0 Å². The lowest BCUT2D eigenvalue weighted by Crippen LogP contribution is -2.49. The van der Waals surface area contributed by atoms with Gasteiger partial charge in [-0.05, 0) is 56.4 Å². The number of ether oxygens (including phenoxy) is 1. The molecule has 0 saturated heterocycles. The van der Waals surface area contributed by atoms with Gasteiger partial charge in [0.1, 0.15) is 11.8 Å². The molecular formula is C25H34N2O3. The second kappa shape index (κ2) is 10.8. The molecule has 0 bridgehead atoms. The number of nitrogens with one attached hydrogen (secondary N) is 1. The topological polar surface area (TPSA) is 58.6 Å². The van der Waals surface area contributed by atoms with Crippen molar-refractivity contribution in [2.24, 2.45) is 5.92 Å². The van der Waals surface area contributed by atoms with Crippen LogP contribution >= 0.6 is 0 Å². The fourth-order valence-electron chi connectivity index (χ4n) is 3.03. The van der Waals surface area contributed by atoms with E-state index in [2.05, 4.69) is 5.32 Å². The first-order chi connectivity index (χ1) is 14.2. The van der Waals surface area contributed by atoms with Crippen LogP contribution in [0.25, 0.3) is 0 Å². The first-order valence-electron chi connectivity index (χ1n) is 10.5. The largest absolute Gasteiger partial charge is 0.483 e. The number of aryl methyl sites for hydroxylation is 2. The van der Waals surface area contributed by atoms with E-state index in [1.807, 2.05) is 77.1 Å². The summed E-state index contributed by atoms with van der Waals surface area (Å²) in [5.74, 6) is 0.658. The molecule has 162 valence electrons. The van der Waals surface area contributed by atoms with Crippen LogP contribution in [0, 0.1) is 26.7 Å². The lowest BCUT2D eigenvalue weighted by Gasteiger charge is -2.29. The minimum atomic E-state index is -0.597. The van der Waals surface area contributed by atoms with E-state index >= 15 is 0 Å². The zero-order valence-electron chi connectivity index (χ0n) is 19.0. The van der Waals surface area contributed by atoms with Gasteiger partial charge in [-0.1, -0.05) is 55.8 Å². The zero-order chi connectivity index (χ0) is 22.3. The summed E-state index contributed by atoms with van der Waals surface area (Å²) in [7, 11) is 0. The molecule has 0 radical (unpaired) electrons. The van der Waals surface area contributed by atoms with Crippen molar-refractivity contribution in [2.45, 2.75) is 54.1 Å². The Morgan fingerprint density at radius 2 is 1.67 bits per heavy atom. The Kier molecular flexibility index (Phi) is 8.46. The van der Waals surface area contributed by atoms with E-state index in [9.17, 15) is 9.59 Å². The van der Waals surface area contributed by atoms with Crippen molar-refractivity contribution in [2.75, 3.05) is 13.2 Å². The quantitative estimate of drug-likeness (QED) is 0.675. The van der Waals surface area contributed by atoms with Crippen molar-refractivity contribution < 1.29 is 14.3 Å². The van der Waals surface area contributed by atoms with Crippen molar-refractivity contribution in [1.82, 2.24) is 10.2 Å². The minimum Gasteiger partial charge on any atom is -0.483 e. The normalized spacial score (nSPS) is 11.8. The molecule has 0 spiro atoms. The van der Waals surface area contributed by atoms with Crippen molar-refractivity contribution >= 4 is 11.8 Å². The molecule has 30 heavy (non-hydrogen) atoms. The molecule has 0 aliphatic heterocycles. The van der Waals surface area contributed by atoms with E-state index in [1.54, 1.807) is 11.8 Å². The van der Waals surface area contributed by atoms with Crippen molar-refractivity contribution in [3.8, 4) is 5.75 Å². The maximum atomic E-state index is 13.1. The van der Waals surface area contributed by atoms with E-state index in [-0.39, 0.29) is 18.4 Å². The van der Waals surface area contributed by atoms with Gasteiger partial charge in [-0.2, -0.15) is 0 Å². The van der Waals surface area contributed by atoms with Crippen molar-refractivity contribution in [3.63, 3.8) is 0 Å². The van der Waals surface area contributed by atoms with Gasteiger partial charge in [-0.3, -0.25) is 9.59 Å². The average Bonchev–Trinajstić information content (AvgIpc) is 2.71. The van der Waals surface area contributed by atoms with Gasteiger partial charge < -0.3 is 15.0 Å². The van der Waals surface area contributed by atoms with Crippen LogP contribution in [0.3, 0.4) is 0 Å². The van der Waals surface area contributed by atoms with E-state index in [1.165, 1.54) is 0 Å². The molecule has 1 N–H and O–H groups in total. The number of amides is 2. The monoisotopic (exact) mass is 410 g/mol. The van der Waals surface area contributed by atoms with Crippen LogP contribution in [-0.4, -0.2) is 35.9 Å². The summed E-state index contributed by atoms with van der Waals surface area (Å²) in [5, 5.41) is 2.93. The molecule has 0 unspecified atom stereocenters. The van der Waals surface area contributed by atoms with Crippen LogP contribution in [0.4, 0.5) is 0 Å². The highest BCUT2D eigenvalue weighted by atomic mass is 16.5. The smallest absolute Gasteiger partial charge is 0.261 e. The third-order valence-electron chi connectivity index (χ3n) is 5.23. The Morgan fingerprint density at radius 1 is 1.00 bits per heavy atom. The standard InChI is InChI=1S/C25H34N2O3/c1-17(2)14-26-25(29)21(6)27(15-22-12-10-18(3)11-13-22)24(28)16-30-23-9-7-8-19(4)20(23)5/h7-13,17,21H,14-16H2,1-6H3,(H,26,29)/t21-/m1/s1. The summed E-state index contributed by atoms with van der Waals surface area (Å²) in [6, 6.07) is 13.2. The summed E-state index contributed by atoms with van der Waals surface area (Å²) < 4.78 is 5.82. The molecular weight excluding hydrogens is 376 g/mol. The van der Waals surface area contributed by atoms with Crippen LogP contribution in [0.1, 0.15) is 43.0 Å².